The molecule has 4 N–H and O–H groups in total. The van der Waals surface area contributed by atoms with Gasteiger partial charge in [0.05, 0.1) is 0 Å². The summed E-state index contributed by atoms with van der Waals surface area (Å²) >= 11 is 0. The van der Waals surface area contributed by atoms with Crippen LogP contribution in [0.4, 0.5) is 0 Å². The Balaban J connectivity index is 0.000000225. The first-order valence-corrected chi connectivity index (χ1v) is 6.93. The first-order valence-electron chi connectivity index (χ1n) is 6.93. The van der Waals surface area contributed by atoms with E-state index in [9.17, 15) is 14.4 Å². The third-order valence-electron chi connectivity index (χ3n) is 3.72. The van der Waals surface area contributed by atoms with Gasteiger partial charge in [-0.3, -0.25) is 9.69 Å². The first-order chi connectivity index (χ1) is 10.2. The molecule has 1 unspecified atom stereocenters. The predicted octanol–water partition coefficient (Wildman–Crippen LogP) is -1.48. The third-order valence-corrected chi connectivity index (χ3v) is 3.72. The molecule has 3 rings (SSSR count). The van der Waals surface area contributed by atoms with Gasteiger partial charge in [0.2, 0.25) is 0 Å². The van der Waals surface area contributed by atoms with Crippen molar-refractivity contribution in [2.75, 3.05) is 19.6 Å². The molecule has 3 atom stereocenters. The molecule has 3 aliphatic rings. The van der Waals surface area contributed by atoms with Crippen LogP contribution in [0, 0.1) is 5.92 Å². The fourth-order valence-corrected chi connectivity index (χ4v) is 2.53. The van der Waals surface area contributed by atoms with Gasteiger partial charge in [0.1, 0.15) is 6.10 Å². The van der Waals surface area contributed by atoms with Gasteiger partial charge in [-0.15, -0.1) is 0 Å². The van der Waals surface area contributed by atoms with E-state index in [1.165, 1.54) is 32.9 Å². The van der Waals surface area contributed by atoms with E-state index in [0.29, 0.717) is 5.92 Å². The molecule has 0 aromatic heterocycles. The number of ether oxygens (including phenoxy) is 1. The van der Waals surface area contributed by atoms with Crippen molar-refractivity contribution in [3.63, 3.8) is 0 Å². The highest BCUT2D eigenvalue weighted by Gasteiger charge is 2.35. The Hall–Kier alpha value is -1.71. The zero-order valence-corrected chi connectivity index (χ0v) is 12.2. The van der Waals surface area contributed by atoms with Crippen LogP contribution in [0.5, 0.6) is 0 Å². The molecule has 2 bridgehead atoms. The number of esters is 1. The van der Waals surface area contributed by atoms with E-state index in [1.807, 2.05) is 0 Å². The number of carbonyl (C=O) groups excluding carboxylic acids is 1. The number of carboxylic acid groups (broad SMARTS) is 2. The molecule has 22 heavy (non-hydrogen) atoms. The number of hydrogen-bond acceptors (Lipinski definition) is 7. The van der Waals surface area contributed by atoms with Crippen molar-refractivity contribution in [1.82, 2.24) is 4.90 Å². The maximum absolute atomic E-state index is 10.7. The molecule has 0 radical (unpaired) electrons. The minimum Gasteiger partial charge on any atom is -0.479 e. The zero-order valence-electron chi connectivity index (χ0n) is 12.2. The smallest absolute Gasteiger partial charge is 0.335 e. The summed E-state index contributed by atoms with van der Waals surface area (Å²) in [7, 11) is 0. The van der Waals surface area contributed by atoms with Crippen molar-refractivity contribution in [2.24, 2.45) is 5.92 Å². The summed E-state index contributed by atoms with van der Waals surface area (Å²) in [5.74, 6) is -3.03. The summed E-state index contributed by atoms with van der Waals surface area (Å²) in [5, 5.41) is 32.5. The second-order valence-corrected chi connectivity index (χ2v) is 5.35. The number of carbonyl (C=O) groups is 3. The normalized spacial score (nSPS) is 28.8. The molecular formula is C13H21NO8. The summed E-state index contributed by atoms with van der Waals surface area (Å²) < 4.78 is 5.24. The van der Waals surface area contributed by atoms with Gasteiger partial charge in [0, 0.05) is 13.5 Å². The Bertz CT molecular complexity index is 400. The van der Waals surface area contributed by atoms with Gasteiger partial charge < -0.3 is 25.2 Å². The molecule has 9 heteroatoms. The Morgan fingerprint density at radius 2 is 1.50 bits per heavy atom. The average molecular weight is 319 g/mol. The van der Waals surface area contributed by atoms with Crippen LogP contribution in [-0.4, -0.2) is 81.2 Å². The number of hydrogen-bond donors (Lipinski definition) is 4. The van der Waals surface area contributed by atoms with E-state index in [2.05, 4.69) is 4.90 Å². The van der Waals surface area contributed by atoms with Crippen molar-refractivity contribution >= 4 is 17.9 Å². The molecule has 0 amide bonds. The summed E-state index contributed by atoms with van der Waals surface area (Å²) in [6, 6.07) is 0. The molecule has 0 aliphatic carbocycles. The van der Waals surface area contributed by atoms with Gasteiger partial charge >= 0.3 is 17.9 Å². The molecule has 3 fully saturated rings. The van der Waals surface area contributed by atoms with Crippen LogP contribution in [0.15, 0.2) is 0 Å². The van der Waals surface area contributed by atoms with Crippen LogP contribution in [0.1, 0.15) is 19.8 Å². The van der Waals surface area contributed by atoms with Gasteiger partial charge in [-0.05, 0) is 31.8 Å². The fraction of sp³-hybridized carbons (Fsp3) is 0.769. The Labute approximate surface area is 127 Å². The van der Waals surface area contributed by atoms with Crippen LogP contribution in [0.2, 0.25) is 0 Å². The van der Waals surface area contributed by atoms with Gasteiger partial charge in [-0.25, -0.2) is 9.59 Å². The van der Waals surface area contributed by atoms with Crippen molar-refractivity contribution in [2.45, 2.75) is 38.1 Å². The maximum atomic E-state index is 10.7. The van der Waals surface area contributed by atoms with E-state index in [4.69, 9.17) is 25.2 Å². The van der Waals surface area contributed by atoms with Crippen molar-refractivity contribution < 1.29 is 39.5 Å². The maximum Gasteiger partial charge on any atom is 0.335 e. The molecule has 0 aromatic rings. The van der Waals surface area contributed by atoms with E-state index in [0.717, 1.165) is 6.54 Å². The summed E-state index contributed by atoms with van der Waals surface area (Å²) in [5.41, 5.74) is 0. The highest BCUT2D eigenvalue weighted by molar-refractivity contribution is 5.83. The highest BCUT2D eigenvalue weighted by Crippen LogP contribution is 2.29. The SMILES string of the molecule is CC(=O)OC1CN2CCC1CC2.O=C(O)[C@H](O)[C@@H](O)C(=O)O. The largest absolute Gasteiger partial charge is 0.479 e. The summed E-state index contributed by atoms with van der Waals surface area (Å²) in [6.45, 7) is 4.85. The molecule has 3 heterocycles. The van der Waals surface area contributed by atoms with Crippen LogP contribution in [0.3, 0.4) is 0 Å². The first kappa shape index (κ1) is 18.3. The molecule has 126 valence electrons. The number of aliphatic hydroxyl groups excluding tert-OH is 2. The van der Waals surface area contributed by atoms with Crippen LogP contribution >= 0.6 is 0 Å². The molecule has 0 saturated carbocycles. The number of aliphatic hydroxyl groups is 2. The van der Waals surface area contributed by atoms with Gasteiger partial charge in [0.25, 0.3) is 0 Å². The van der Waals surface area contributed by atoms with Crippen LogP contribution in [-0.2, 0) is 19.1 Å². The average Bonchev–Trinajstić information content (AvgIpc) is 2.46. The van der Waals surface area contributed by atoms with E-state index < -0.39 is 24.1 Å². The lowest BCUT2D eigenvalue weighted by Crippen LogP contribution is -2.51. The standard InChI is InChI=1S/C9H15NO2.C4H6O6/c1-7(11)12-9-6-10-4-2-8(9)3-5-10;5-1(3(7)8)2(6)4(9)10/h8-9H,2-6H2,1H3;1-2,5-6H,(H,7,8)(H,9,10)/t;1-,2-/m.1/s1. The van der Waals surface area contributed by atoms with Crippen molar-refractivity contribution in [3.8, 4) is 0 Å². The third kappa shape index (κ3) is 5.24. The van der Waals surface area contributed by atoms with Crippen molar-refractivity contribution in [3.05, 3.63) is 0 Å². The summed E-state index contributed by atoms with van der Waals surface area (Å²) in [4.78, 5) is 32.7. The monoisotopic (exact) mass is 319 g/mol. The predicted molar refractivity (Wildman–Crippen MR) is 72.0 cm³/mol. The van der Waals surface area contributed by atoms with Gasteiger partial charge in [-0.2, -0.15) is 0 Å². The number of piperidine rings is 3. The zero-order chi connectivity index (χ0) is 16.9. The number of rotatable bonds is 4. The Kier molecular flexibility index (Phi) is 6.72. The molecule has 9 nitrogen and oxygen atoms in total. The minimum atomic E-state index is -2.27. The topological polar surface area (TPSA) is 145 Å². The van der Waals surface area contributed by atoms with Gasteiger partial charge in [-0.1, -0.05) is 0 Å². The lowest BCUT2D eigenvalue weighted by Gasteiger charge is -2.43. The second kappa shape index (κ2) is 8.06. The quantitative estimate of drug-likeness (QED) is 0.456. The second-order valence-electron chi connectivity index (χ2n) is 5.35. The van der Waals surface area contributed by atoms with E-state index >= 15 is 0 Å². The van der Waals surface area contributed by atoms with Gasteiger partial charge in [0.15, 0.2) is 12.2 Å². The Morgan fingerprint density at radius 3 is 1.77 bits per heavy atom. The molecular weight excluding hydrogens is 298 g/mol. The molecule has 0 aromatic carbocycles. The lowest BCUT2D eigenvalue weighted by atomic mass is 9.86. The fourth-order valence-electron chi connectivity index (χ4n) is 2.53. The molecule has 0 spiro atoms. The highest BCUT2D eigenvalue weighted by atomic mass is 16.5. The van der Waals surface area contributed by atoms with E-state index in [-0.39, 0.29) is 12.1 Å². The number of carboxylic acids is 2. The molecule has 3 saturated heterocycles. The molecule has 3 aliphatic heterocycles. The van der Waals surface area contributed by atoms with E-state index in [1.54, 1.807) is 0 Å². The van der Waals surface area contributed by atoms with Crippen LogP contribution < -0.4 is 0 Å². The minimum absolute atomic E-state index is 0.131. The van der Waals surface area contributed by atoms with Crippen LogP contribution in [0.25, 0.3) is 0 Å². The number of fused-ring (bicyclic) bond motifs is 3. The van der Waals surface area contributed by atoms with Crippen molar-refractivity contribution in [1.29, 1.82) is 0 Å². The lowest BCUT2D eigenvalue weighted by molar-refractivity contribution is -0.165. The number of aliphatic carboxylic acids is 2. The number of nitrogens with zero attached hydrogens (tertiary/aromatic N) is 1. The Morgan fingerprint density at radius 1 is 1.05 bits per heavy atom. The summed E-state index contributed by atoms with van der Waals surface area (Å²) in [6.07, 6.45) is -1.93.